The molecule has 0 bridgehead atoms. The Balaban J connectivity index is 1.12. The van der Waals surface area contributed by atoms with Gasteiger partial charge >= 0.3 is 0 Å². The maximum Gasteiger partial charge on any atom is 0.264 e. The minimum atomic E-state index is -0.169. The number of hydrogen-bond donors (Lipinski definition) is 1. The number of anilines is 2. The van der Waals surface area contributed by atoms with Crippen LogP contribution in [0.15, 0.2) is 103 Å². The number of piperazine rings is 1. The summed E-state index contributed by atoms with van der Waals surface area (Å²) in [5.74, 6) is -0.0617. The van der Waals surface area contributed by atoms with Crippen LogP contribution in [0.2, 0.25) is 5.02 Å². The van der Waals surface area contributed by atoms with E-state index in [1.54, 1.807) is 29.2 Å². The molecule has 9 nitrogen and oxygen atoms in total. The van der Waals surface area contributed by atoms with Crippen LogP contribution in [0.5, 0.6) is 5.75 Å². The van der Waals surface area contributed by atoms with Gasteiger partial charge in [-0.15, -0.1) is 0 Å². The highest BCUT2D eigenvalue weighted by atomic mass is 35.5. The van der Waals surface area contributed by atoms with E-state index in [1.165, 1.54) is 11.1 Å². The Morgan fingerprint density at radius 3 is 2.38 bits per heavy atom. The summed E-state index contributed by atoms with van der Waals surface area (Å²) in [7, 11) is 4.17. The van der Waals surface area contributed by atoms with Crippen LogP contribution in [-0.4, -0.2) is 86.6 Å². The second kappa shape index (κ2) is 15.0. The van der Waals surface area contributed by atoms with E-state index in [0.29, 0.717) is 28.4 Å². The largest absolute Gasteiger partial charge is 0.508 e. The van der Waals surface area contributed by atoms with Gasteiger partial charge in [-0.05, 0) is 117 Å². The molecule has 3 aliphatic rings. The van der Waals surface area contributed by atoms with Gasteiger partial charge in [0, 0.05) is 115 Å². The Hall–Kier alpha value is -5.35. The number of aromatic nitrogens is 2. The Bertz CT molecular complexity index is 2440. The van der Waals surface area contributed by atoms with Crippen LogP contribution in [-0.2, 0) is 33.0 Å². The van der Waals surface area contributed by atoms with Crippen molar-refractivity contribution in [2.75, 3.05) is 44.7 Å². The molecule has 2 amide bonds. The lowest BCUT2D eigenvalue weighted by Crippen LogP contribution is -2.53. The number of hydrogen-bond acceptors (Lipinski definition) is 5. The van der Waals surface area contributed by atoms with Gasteiger partial charge in [0.1, 0.15) is 5.75 Å². The Labute approximate surface area is 332 Å². The first kappa shape index (κ1) is 36.3. The molecule has 0 radical (unpaired) electrons. The quantitative estimate of drug-likeness (QED) is 0.178. The van der Waals surface area contributed by atoms with E-state index in [0.717, 1.165) is 98.5 Å². The fourth-order valence-corrected chi connectivity index (χ4v) is 9.16. The first-order chi connectivity index (χ1) is 27.2. The summed E-state index contributed by atoms with van der Waals surface area (Å²) in [5, 5.41) is 11.7. The molecular formula is C46H47ClN6O3. The van der Waals surface area contributed by atoms with Crippen LogP contribution >= 0.6 is 11.6 Å². The number of fused-ring (bicyclic) bond motifs is 3. The van der Waals surface area contributed by atoms with Gasteiger partial charge in [-0.3, -0.25) is 19.4 Å². The molecule has 0 unspecified atom stereocenters. The lowest BCUT2D eigenvalue weighted by Gasteiger charge is -2.41. The van der Waals surface area contributed by atoms with Crippen LogP contribution in [0, 0.1) is 0 Å². The predicted octanol–water partition coefficient (Wildman–Crippen LogP) is 8.14. The molecule has 9 rings (SSSR count). The van der Waals surface area contributed by atoms with E-state index in [-0.39, 0.29) is 23.6 Å². The van der Waals surface area contributed by atoms with Crippen LogP contribution in [0.3, 0.4) is 0 Å². The summed E-state index contributed by atoms with van der Waals surface area (Å²) in [6, 6.07) is 30.9. The Morgan fingerprint density at radius 1 is 0.804 bits per heavy atom. The zero-order valence-corrected chi connectivity index (χ0v) is 32.8. The number of carbonyl (C=O) groups is 2. The highest BCUT2D eigenvalue weighted by Crippen LogP contribution is 2.39. The molecule has 1 fully saturated rings. The van der Waals surface area contributed by atoms with E-state index in [4.69, 9.17) is 11.6 Å². The van der Waals surface area contributed by atoms with Crippen molar-refractivity contribution in [3.8, 4) is 17.0 Å². The number of carbonyl (C=O) groups excluding carboxylic acids is 2. The number of amides is 2. The Morgan fingerprint density at radius 2 is 1.57 bits per heavy atom. The normalized spacial score (nSPS) is 17.5. The SMILES string of the molecule is CN1CCN(C[C@@H]2Cc3ccccc3CN2C(=O)c2ccc(Cl)cc2-c2cc(C(=O)N(c3ccc(O)cc3)c3ccc4c(ccn4C)c3)c3n2CCCC3)CC1. The number of halogens is 1. The standard InChI is InChI=1S/C46H47ClN6O3/c1-48-21-23-50(24-22-48)30-37-25-31-7-3-4-8-33(31)29-52(37)45(55)39-16-10-34(47)27-40(39)44-28-41(43-9-5-6-19-51(43)44)46(56)53(35-11-14-38(54)15-12-35)36-13-17-42-32(26-36)18-20-49(42)2/h3-4,7-8,10-18,20,26-28,37,54H,5-6,9,19,21-25,29-30H2,1-2H3/t37-/m0/s1. The van der Waals surface area contributed by atoms with Crippen LogP contribution in [0.4, 0.5) is 11.4 Å². The summed E-state index contributed by atoms with van der Waals surface area (Å²) < 4.78 is 4.30. The molecule has 56 heavy (non-hydrogen) atoms. The smallest absolute Gasteiger partial charge is 0.264 e. The number of benzene rings is 4. The lowest BCUT2D eigenvalue weighted by atomic mass is 9.92. The van der Waals surface area contributed by atoms with Crippen molar-refractivity contribution in [2.24, 2.45) is 7.05 Å². The molecule has 3 aliphatic heterocycles. The number of aromatic hydroxyl groups is 1. The van der Waals surface area contributed by atoms with Crippen LogP contribution in [0.1, 0.15) is 50.4 Å². The van der Waals surface area contributed by atoms with Crippen molar-refractivity contribution >= 4 is 45.7 Å². The minimum absolute atomic E-state index is 0.0172. The third-order valence-electron chi connectivity index (χ3n) is 12.1. The molecule has 286 valence electrons. The first-order valence-corrected chi connectivity index (χ1v) is 20.1. The van der Waals surface area contributed by atoms with E-state index in [1.807, 2.05) is 61.8 Å². The summed E-state index contributed by atoms with van der Waals surface area (Å²) in [4.78, 5) is 38.9. The lowest BCUT2D eigenvalue weighted by molar-refractivity contribution is 0.0536. The molecule has 4 aromatic carbocycles. The van der Waals surface area contributed by atoms with Gasteiger partial charge in [-0.25, -0.2) is 0 Å². The summed E-state index contributed by atoms with van der Waals surface area (Å²) >= 11 is 6.78. The van der Waals surface area contributed by atoms with Crippen molar-refractivity contribution in [3.63, 3.8) is 0 Å². The zero-order valence-electron chi connectivity index (χ0n) is 32.0. The van der Waals surface area contributed by atoms with Gasteiger partial charge < -0.3 is 24.0 Å². The fraction of sp³-hybridized carbons (Fsp3) is 0.304. The predicted molar refractivity (Wildman–Crippen MR) is 223 cm³/mol. The number of phenolic OH excluding ortho intramolecular Hbond substituents is 1. The van der Waals surface area contributed by atoms with Crippen molar-refractivity contribution in [1.29, 1.82) is 0 Å². The highest BCUT2D eigenvalue weighted by Gasteiger charge is 2.35. The molecule has 0 spiro atoms. The maximum absolute atomic E-state index is 15.1. The molecule has 5 heterocycles. The number of likely N-dealkylation sites (N-methyl/N-ethyl adjacent to an activating group) is 1. The molecule has 0 aliphatic carbocycles. The summed E-state index contributed by atoms with van der Waals surface area (Å²) in [6.45, 7) is 6.09. The van der Waals surface area contributed by atoms with Crippen molar-refractivity contribution in [1.82, 2.24) is 23.8 Å². The first-order valence-electron chi connectivity index (χ1n) is 19.7. The number of rotatable bonds is 7. The van der Waals surface area contributed by atoms with E-state index in [9.17, 15) is 5.11 Å². The molecule has 1 atom stereocenters. The second-order valence-corrected chi connectivity index (χ2v) is 16.1. The van der Waals surface area contributed by atoms with E-state index in [2.05, 4.69) is 55.1 Å². The van der Waals surface area contributed by atoms with Crippen molar-refractivity contribution in [2.45, 2.75) is 44.8 Å². The Kier molecular flexibility index (Phi) is 9.69. The second-order valence-electron chi connectivity index (χ2n) is 15.7. The van der Waals surface area contributed by atoms with Crippen LogP contribution in [0.25, 0.3) is 22.2 Å². The number of phenols is 1. The third-order valence-corrected chi connectivity index (χ3v) is 12.3. The molecule has 1 saturated heterocycles. The molecule has 10 heteroatoms. The highest BCUT2D eigenvalue weighted by molar-refractivity contribution is 6.31. The van der Waals surface area contributed by atoms with Gasteiger partial charge in [-0.2, -0.15) is 0 Å². The molecular weight excluding hydrogens is 720 g/mol. The number of aryl methyl sites for hydroxylation is 1. The average Bonchev–Trinajstić information content (AvgIpc) is 3.79. The van der Waals surface area contributed by atoms with Gasteiger partial charge in [0.05, 0.1) is 5.56 Å². The van der Waals surface area contributed by atoms with Crippen LogP contribution < -0.4 is 4.90 Å². The van der Waals surface area contributed by atoms with E-state index >= 15 is 9.59 Å². The monoisotopic (exact) mass is 766 g/mol. The van der Waals surface area contributed by atoms with Gasteiger partial charge in [-0.1, -0.05) is 35.9 Å². The molecule has 1 N–H and O–H groups in total. The minimum Gasteiger partial charge on any atom is -0.508 e. The van der Waals surface area contributed by atoms with Crippen molar-refractivity contribution in [3.05, 3.63) is 136 Å². The van der Waals surface area contributed by atoms with E-state index < -0.39 is 0 Å². The summed E-state index contributed by atoms with van der Waals surface area (Å²) in [6.07, 6.45) is 5.48. The molecule has 6 aromatic rings. The third kappa shape index (κ3) is 6.78. The summed E-state index contributed by atoms with van der Waals surface area (Å²) in [5.41, 5.74) is 8.64. The van der Waals surface area contributed by atoms with Gasteiger partial charge in [0.15, 0.2) is 0 Å². The van der Waals surface area contributed by atoms with Gasteiger partial charge in [0.25, 0.3) is 11.8 Å². The maximum atomic E-state index is 15.1. The topological polar surface area (TPSA) is 77.2 Å². The average molecular weight is 767 g/mol. The fourth-order valence-electron chi connectivity index (χ4n) is 8.98. The number of nitrogens with zero attached hydrogens (tertiary/aromatic N) is 6. The zero-order chi connectivity index (χ0) is 38.5. The van der Waals surface area contributed by atoms with Crippen molar-refractivity contribution < 1.29 is 14.7 Å². The van der Waals surface area contributed by atoms with Gasteiger partial charge in [0.2, 0.25) is 0 Å². The molecule has 2 aromatic heterocycles. The molecule has 0 saturated carbocycles.